The monoisotopic (exact) mass is 220 g/mol. The maximum Gasteiger partial charge on any atom is 0.268 e. The third kappa shape index (κ3) is 1.80. The Morgan fingerprint density at radius 3 is 2.64 bits per heavy atom. The van der Waals surface area contributed by atoms with Gasteiger partial charge in [0.25, 0.3) is 6.43 Å². The number of hydrogen-bond donors (Lipinski definition) is 0. The van der Waals surface area contributed by atoms with Crippen LogP contribution in [0, 0.1) is 17.1 Å². The third-order valence-corrected chi connectivity index (χ3v) is 1.88. The molecule has 0 aliphatic carbocycles. The van der Waals surface area contributed by atoms with Gasteiger partial charge in [-0.25, -0.2) is 18.2 Å². The molecule has 6 heteroatoms. The van der Waals surface area contributed by atoms with Crippen molar-refractivity contribution in [3.8, 4) is 6.07 Å². The molecule has 1 rings (SSSR count). The number of nitrogens with zero attached hydrogens (tertiary/aromatic N) is 2. The van der Waals surface area contributed by atoms with Gasteiger partial charge in [-0.2, -0.15) is 5.26 Å². The lowest BCUT2D eigenvalue weighted by Gasteiger charge is -2.05. The van der Waals surface area contributed by atoms with Crippen LogP contribution in [0.3, 0.4) is 0 Å². The topological polar surface area (TPSA) is 36.7 Å². The van der Waals surface area contributed by atoms with Crippen LogP contribution in [0.25, 0.3) is 0 Å². The van der Waals surface area contributed by atoms with Crippen LogP contribution < -0.4 is 0 Å². The van der Waals surface area contributed by atoms with Crippen molar-refractivity contribution in [3.63, 3.8) is 0 Å². The fourth-order valence-corrected chi connectivity index (χ4v) is 1.16. The van der Waals surface area contributed by atoms with E-state index in [9.17, 15) is 13.2 Å². The van der Waals surface area contributed by atoms with E-state index in [-0.39, 0.29) is 17.1 Å². The quantitative estimate of drug-likeness (QED) is 0.719. The van der Waals surface area contributed by atoms with Crippen molar-refractivity contribution < 1.29 is 13.2 Å². The summed E-state index contributed by atoms with van der Waals surface area (Å²) in [5, 5.41) is 8.48. The van der Waals surface area contributed by atoms with Gasteiger partial charge < -0.3 is 0 Å². The van der Waals surface area contributed by atoms with Crippen LogP contribution in [0.4, 0.5) is 13.2 Å². The van der Waals surface area contributed by atoms with Gasteiger partial charge in [0, 0.05) is 11.8 Å². The summed E-state index contributed by atoms with van der Waals surface area (Å²) in [5.74, 6) is -1.51. The average Bonchev–Trinajstić information content (AvgIpc) is 2.16. The summed E-state index contributed by atoms with van der Waals surface area (Å²) in [6.45, 7) is 0. The zero-order chi connectivity index (χ0) is 10.7. The normalized spacial score (nSPS) is 10.3. The van der Waals surface area contributed by atoms with Crippen molar-refractivity contribution in [1.29, 1.82) is 5.26 Å². The Balaban J connectivity index is 3.37. The lowest BCUT2D eigenvalue weighted by Crippen LogP contribution is -2.01. The van der Waals surface area contributed by atoms with Crippen molar-refractivity contribution in [2.75, 3.05) is 0 Å². The summed E-state index contributed by atoms with van der Waals surface area (Å²) in [7, 11) is 0. The standard InChI is InChI=1S/C8H4ClF3N2/c9-1-4-6(2-13)14-3-5(7(4)10)8(11)12/h3,8H,1H2. The van der Waals surface area contributed by atoms with Gasteiger partial charge in [0.15, 0.2) is 0 Å². The predicted molar refractivity (Wildman–Crippen MR) is 43.4 cm³/mol. The van der Waals surface area contributed by atoms with Gasteiger partial charge in [0.05, 0.1) is 11.4 Å². The Kier molecular flexibility index (Phi) is 3.31. The second kappa shape index (κ2) is 4.29. The first-order chi connectivity index (χ1) is 6.61. The fourth-order valence-electron chi connectivity index (χ4n) is 0.917. The van der Waals surface area contributed by atoms with Crippen molar-refractivity contribution in [2.45, 2.75) is 12.3 Å². The van der Waals surface area contributed by atoms with Gasteiger partial charge in [-0.15, -0.1) is 11.6 Å². The van der Waals surface area contributed by atoms with Crippen molar-refractivity contribution >= 4 is 11.6 Å². The molecule has 1 aromatic rings. The molecule has 1 aromatic heterocycles. The molecule has 0 aromatic carbocycles. The first-order valence-electron chi connectivity index (χ1n) is 3.53. The molecule has 0 radical (unpaired) electrons. The van der Waals surface area contributed by atoms with E-state index in [1.54, 1.807) is 6.07 Å². The maximum atomic E-state index is 13.2. The summed E-state index contributed by atoms with van der Waals surface area (Å²) in [6.07, 6.45) is -2.31. The minimum absolute atomic E-state index is 0.262. The van der Waals surface area contributed by atoms with Crippen LogP contribution in [0.15, 0.2) is 6.20 Å². The molecular formula is C8H4ClF3N2. The summed E-state index contributed by atoms with van der Waals surface area (Å²) >= 11 is 5.32. The molecule has 1 heterocycles. The summed E-state index contributed by atoms with van der Waals surface area (Å²) in [6, 6.07) is 1.57. The molecule has 74 valence electrons. The lowest BCUT2D eigenvalue weighted by atomic mass is 10.1. The van der Waals surface area contributed by atoms with E-state index in [1.807, 2.05) is 0 Å². The van der Waals surface area contributed by atoms with Crippen LogP contribution in [0.5, 0.6) is 0 Å². The number of alkyl halides is 3. The summed E-state index contributed by atoms with van der Waals surface area (Å²) < 4.78 is 37.6. The maximum absolute atomic E-state index is 13.2. The predicted octanol–water partition coefficient (Wildman–Crippen LogP) is 2.77. The molecule has 0 saturated carbocycles. The second-order valence-electron chi connectivity index (χ2n) is 2.40. The molecule has 0 fully saturated rings. The minimum Gasteiger partial charge on any atom is -0.245 e. The highest BCUT2D eigenvalue weighted by Gasteiger charge is 2.19. The second-order valence-corrected chi connectivity index (χ2v) is 2.67. The SMILES string of the molecule is N#Cc1ncc(C(F)F)c(F)c1CCl. The Labute approximate surface area is 82.9 Å². The minimum atomic E-state index is -2.96. The molecule has 0 aliphatic heterocycles. The van der Waals surface area contributed by atoms with Gasteiger partial charge in [0.1, 0.15) is 17.6 Å². The zero-order valence-corrected chi connectivity index (χ0v) is 7.52. The van der Waals surface area contributed by atoms with E-state index < -0.39 is 17.8 Å². The summed E-state index contributed by atoms with van der Waals surface area (Å²) in [5.41, 5.74) is -1.38. The summed E-state index contributed by atoms with van der Waals surface area (Å²) in [4.78, 5) is 3.38. The van der Waals surface area contributed by atoms with E-state index in [4.69, 9.17) is 16.9 Å². The molecule has 0 spiro atoms. The Hall–Kier alpha value is -1.28. The number of hydrogen-bond acceptors (Lipinski definition) is 2. The van der Waals surface area contributed by atoms with Crippen LogP contribution in [-0.2, 0) is 5.88 Å². The first-order valence-corrected chi connectivity index (χ1v) is 4.06. The van der Waals surface area contributed by atoms with Crippen molar-refractivity contribution in [2.24, 2.45) is 0 Å². The van der Waals surface area contributed by atoms with Crippen molar-refractivity contribution in [1.82, 2.24) is 4.98 Å². The smallest absolute Gasteiger partial charge is 0.245 e. The molecule has 0 N–H and O–H groups in total. The van der Waals surface area contributed by atoms with E-state index in [1.165, 1.54) is 0 Å². The number of aromatic nitrogens is 1. The van der Waals surface area contributed by atoms with Gasteiger partial charge >= 0.3 is 0 Å². The van der Waals surface area contributed by atoms with E-state index >= 15 is 0 Å². The average molecular weight is 221 g/mol. The molecular weight excluding hydrogens is 217 g/mol. The van der Waals surface area contributed by atoms with Crippen LogP contribution in [0.2, 0.25) is 0 Å². The van der Waals surface area contributed by atoms with Crippen LogP contribution in [-0.4, -0.2) is 4.98 Å². The Bertz CT molecular complexity index is 387. The molecule has 0 bridgehead atoms. The van der Waals surface area contributed by atoms with Crippen molar-refractivity contribution in [3.05, 3.63) is 28.8 Å². The molecule has 0 atom stereocenters. The number of pyridine rings is 1. The van der Waals surface area contributed by atoms with Gasteiger partial charge in [0.2, 0.25) is 0 Å². The highest BCUT2D eigenvalue weighted by Crippen LogP contribution is 2.25. The molecule has 2 nitrogen and oxygen atoms in total. The molecule has 0 saturated heterocycles. The van der Waals surface area contributed by atoms with Crippen LogP contribution in [0.1, 0.15) is 23.2 Å². The Morgan fingerprint density at radius 2 is 2.21 bits per heavy atom. The largest absolute Gasteiger partial charge is 0.268 e. The lowest BCUT2D eigenvalue weighted by molar-refractivity contribution is 0.145. The number of halogens is 4. The van der Waals surface area contributed by atoms with E-state index in [2.05, 4.69) is 4.98 Å². The highest BCUT2D eigenvalue weighted by atomic mass is 35.5. The van der Waals surface area contributed by atoms with E-state index in [0.29, 0.717) is 6.20 Å². The van der Waals surface area contributed by atoms with Gasteiger partial charge in [-0.1, -0.05) is 0 Å². The van der Waals surface area contributed by atoms with Crippen LogP contribution >= 0.6 is 11.6 Å². The number of nitriles is 1. The molecule has 0 aliphatic rings. The highest BCUT2D eigenvalue weighted by molar-refractivity contribution is 6.17. The molecule has 14 heavy (non-hydrogen) atoms. The fraction of sp³-hybridized carbons (Fsp3) is 0.250. The molecule has 0 amide bonds. The van der Waals surface area contributed by atoms with E-state index in [0.717, 1.165) is 0 Å². The zero-order valence-electron chi connectivity index (χ0n) is 6.77. The van der Waals surface area contributed by atoms with Gasteiger partial charge in [-0.3, -0.25) is 0 Å². The Morgan fingerprint density at radius 1 is 1.57 bits per heavy atom. The first kappa shape index (κ1) is 10.8. The third-order valence-electron chi connectivity index (χ3n) is 1.61. The molecule has 0 unspecified atom stereocenters. The van der Waals surface area contributed by atoms with Gasteiger partial charge in [-0.05, 0) is 0 Å². The number of rotatable bonds is 2.